The van der Waals surface area contributed by atoms with Gasteiger partial charge in [0.1, 0.15) is 0 Å². The monoisotopic (exact) mass is 454 g/mol. The highest BCUT2D eigenvalue weighted by atomic mass is 35.5. The Labute approximate surface area is 188 Å². The summed E-state index contributed by atoms with van der Waals surface area (Å²) < 4.78 is 0. The second kappa shape index (κ2) is 8.96. The summed E-state index contributed by atoms with van der Waals surface area (Å²) >= 11 is 13.5. The predicted octanol–water partition coefficient (Wildman–Crippen LogP) is 6.01. The molecule has 3 aromatic rings. The van der Waals surface area contributed by atoms with Gasteiger partial charge in [-0.05, 0) is 53.6 Å². The molecule has 1 heterocycles. The van der Waals surface area contributed by atoms with Crippen molar-refractivity contribution < 1.29 is 9.59 Å². The van der Waals surface area contributed by atoms with E-state index in [1.54, 1.807) is 36.4 Å². The Kier molecular flexibility index (Phi) is 6.13. The number of benzene rings is 3. The molecule has 0 unspecified atom stereocenters. The van der Waals surface area contributed by atoms with E-state index in [4.69, 9.17) is 23.2 Å². The van der Waals surface area contributed by atoms with Gasteiger partial charge in [0.15, 0.2) is 0 Å². The first-order valence-electron chi connectivity index (χ1n) is 9.12. The largest absolute Gasteiger partial charge is 0.348 e. The number of carbonyl (C=O) groups excluding carboxylic acids is 2. The smallest absolute Gasteiger partial charge is 0.262 e. The highest BCUT2D eigenvalue weighted by Gasteiger charge is 2.22. The molecule has 2 amide bonds. The molecule has 0 spiro atoms. The maximum Gasteiger partial charge on any atom is 0.262 e. The van der Waals surface area contributed by atoms with Gasteiger partial charge in [-0.2, -0.15) is 0 Å². The molecule has 150 valence electrons. The van der Waals surface area contributed by atoms with E-state index in [9.17, 15) is 9.59 Å². The van der Waals surface area contributed by atoms with Crippen LogP contribution in [0.1, 0.15) is 21.5 Å². The Balaban J connectivity index is 1.49. The van der Waals surface area contributed by atoms with E-state index in [0.29, 0.717) is 32.7 Å². The van der Waals surface area contributed by atoms with Gasteiger partial charge in [-0.1, -0.05) is 65.3 Å². The van der Waals surface area contributed by atoms with Gasteiger partial charge in [-0.25, -0.2) is 0 Å². The SMILES string of the molecule is O=C1Nc2cc(C(=O)NCc3ccccc3Cl)ccc2S/C1=C/c1cccc(Cl)c1. The summed E-state index contributed by atoms with van der Waals surface area (Å²) in [6.45, 7) is 0.323. The van der Waals surface area contributed by atoms with E-state index < -0.39 is 0 Å². The van der Waals surface area contributed by atoms with Crippen molar-refractivity contribution in [3.63, 3.8) is 0 Å². The van der Waals surface area contributed by atoms with Gasteiger partial charge >= 0.3 is 0 Å². The highest BCUT2D eigenvalue weighted by Crippen LogP contribution is 2.39. The Bertz CT molecular complexity index is 1180. The minimum absolute atomic E-state index is 0.221. The quantitative estimate of drug-likeness (QED) is 0.474. The number of rotatable bonds is 4. The summed E-state index contributed by atoms with van der Waals surface area (Å²) in [5.41, 5.74) is 2.76. The lowest BCUT2D eigenvalue weighted by molar-refractivity contribution is -0.112. The van der Waals surface area contributed by atoms with Gasteiger partial charge < -0.3 is 10.6 Å². The zero-order valence-corrected chi connectivity index (χ0v) is 17.9. The Morgan fingerprint density at radius 2 is 1.87 bits per heavy atom. The maximum absolute atomic E-state index is 12.5. The van der Waals surface area contributed by atoms with Crippen molar-refractivity contribution in [1.29, 1.82) is 0 Å². The molecule has 0 saturated carbocycles. The summed E-state index contributed by atoms with van der Waals surface area (Å²) in [5.74, 6) is -0.460. The van der Waals surface area contributed by atoms with Crippen molar-refractivity contribution in [2.24, 2.45) is 0 Å². The number of hydrogen-bond donors (Lipinski definition) is 2. The molecule has 4 rings (SSSR count). The van der Waals surface area contributed by atoms with Crippen LogP contribution in [0.4, 0.5) is 5.69 Å². The van der Waals surface area contributed by atoms with E-state index in [1.807, 2.05) is 36.4 Å². The van der Waals surface area contributed by atoms with Crippen LogP contribution in [-0.4, -0.2) is 11.8 Å². The second-order valence-corrected chi connectivity index (χ2v) is 8.53. The maximum atomic E-state index is 12.5. The average molecular weight is 455 g/mol. The standard InChI is InChI=1S/C23H16Cl2N2O2S/c24-17-6-3-4-14(10-17)11-21-23(29)27-19-12-15(8-9-20(19)30-21)22(28)26-13-16-5-1-2-7-18(16)25/h1-12H,13H2,(H,26,28)(H,27,29)/b21-11+. The normalized spacial score (nSPS) is 14.2. The lowest BCUT2D eigenvalue weighted by Gasteiger charge is -2.19. The zero-order chi connectivity index (χ0) is 21.1. The fourth-order valence-corrected chi connectivity index (χ4v) is 4.30. The number of halogens is 2. The van der Waals surface area contributed by atoms with Crippen molar-refractivity contribution in [2.45, 2.75) is 11.4 Å². The van der Waals surface area contributed by atoms with E-state index >= 15 is 0 Å². The van der Waals surface area contributed by atoms with Gasteiger partial charge in [0.25, 0.3) is 11.8 Å². The van der Waals surface area contributed by atoms with Crippen molar-refractivity contribution in [1.82, 2.24) is 5.32 Å². The number of anilines is 1. The Morgan fingerprint density at radius 1 is 1.03 bits per heavy atom. The van der Waals surface area contributed by atoms with Crippen molar-refractivity contribution >= 4 is 58.5 Å². The number of fused-ring (bicyclic) bond motifs is 1. The van der Waals surface area contributed by atoms with Crippen molar-refractivity contribution in [3.05, 3.63) is 98.4 Å². The lowest BCUT2D eigenvalue weighted by Crippen LogP contribution is -2.24. The van der Waals surface area contributed by atoms with Gasteiger partial charge in [0.05, 0.1) is 10.6 Å². The van der Waals surface area contributed by atoms with E-state index in [2.05, 4.69) is 10.6 Å². The molecule has 1 aliphatic heterocycles. The zero-order valence-electron chi connectivity index (χ0n) is 15.6. The average Bonchev–Trinajstić information content (AvgIpc) is 2.73. The first-order chi connectivity index (χ1) is 14.5. The molecule has 30 heavy (non-hydrogen) atoms. The molecule has 0 aromatic heterocycles. The molecule has 0 atom stereocenters. The summed E-state index contributed by atoms with van der Waals surface area (Å²) in [6, 6.07) is 19.9. The fourth-order valence-electron chi connectivity index (χ4n) is 2.97. The van der Waals surface area contributed by atoms with Crippen LogP contribution in [0.2, 0.25) is 10.0 Å². The molecular formula is C23H16Cl2N2O2S. The topological polar surface area (TPSA) is 58.2 Å². The molecule has 3 aromatic carbocycles. The van der Waals surface area contributed by atoms with Crippen LogP contribution in [0.5, 0.6) is 0 Å². The van der Waals surface area contributed by atoms with Crippen LogP contribution < -0.4 is 10.6 Å². The van der Waals surface area contributed by atoms with Crippen LogP contribution in [0.15, 0.2) is 76.5 Å². The highest BCUT2D eigenvalue weighted by molar-refractivity contribution is 8.04. The summed E-state index contributed by atoms with van der Waals surface area (Å²) in [5, 5.41) is 6.93. The van der Waals surface area contributed by atoms with Crippen molar-refractivity contribution in [2.75, 3.05) is 5.32 Å². The Morgan fingerprint density at radius 3 is 2.67 bits per heavy atom. The van der Waals surface area contributed by atoms with E-state index in [1.165, 1.54) is 11.8 Å². The molecule has 7 heteroatoms. The summed E-state index contributed by atoms with van der Waals surface area (Å²) in [4.78, 5) is 26.5. The fraction of sp³-hybridized carbons (Fsp3) is 0.0435. The van der Waals surface area contributed by atoms with Gasteiger partial charge in [0.2, 0.25) is 0 Å². The van der Waals surface area contributed by atoms with Gasteiger partial charge in [-0.3, -0.25) is 9.59 Å². The first kappa shape index (κ1) is 20.5. The molecule has 1 aliphatic rings. The number of thioether (sulfide) groups is 1. The third-order valence-electron chi connectivity index (χ3n) is 4.48. The molecule has 0 bridgehead atoms. The minimum atomic E-state index is -0.239. The number of amides is 2. The number of nitrogens with one attached hydrogen (secondary N) is 2. The first-order valence-corrected chi connectivity index (χ1v) is 10.7. The van der Waals surface area contributed by atoms with Crippen LogP contribution in [0.3, 0.4) is 0 Å². The molecule has 0 aliphatic carbocycles. The number of hydrogen-bond acceptors (Lipinski definition) is 3. The van der Waals surface area contributed by atoms with E-state index in [0.717, 1.165) is 16.0 Å². The van der Waals surface area contributed by atoms with E-state index in [-0.39, 0.29) is 11.8 Å². The number of carbonyl (C=O) groups is 2. The van der Waals surface area contributed by atoms with Crippen LogP contribution in [-0.2, 0) is 11.3 Å². The molecule has 4 nitrogen and oxygen atoms in total. The molecule has 2 N–H and O–H groups in total. The van der Waals surface area contributed by atoms with Gasteiger partial charge in [0, 0.05) is 27.0 Å². The summed E-state index contributed by atoms with van der Waals surface area (Å²) in [6.07, 6.45) is 1.79. The van der Waals surface area contributed by atoms with Gasteiger partial charge in [-0.15, -0.1) is 0 Å². The lowest BCUT2D eigenvalue weighted by atomic mass is 10.1. The Hall–Kier alpha value is -2.73. The molecule has 0 radical (unpaired) electrons. The third kappa shape index (κ3) is 4.70. The summed E-state index contributed by atoms with van der Waals surface area (Å²) in [7, 11) is 0. The molecular weight excluding hydrogens is 439 g/mol. The minimum Gasteiger partial charge on any atom is -0.348 e. The third-order valence-corrected chi connectivity index (χ3v) is 6.18. The van der Waals surface area contributed by atoms with Crippen LogP contribution in [0, 0.1) is 0 Å². The molecule has 0 fully saturated rings. The van der Waals surface area contributed by atoms with Crippen LogP contribution >= 0.6 is 35.0 Å². The molecule has 0 saturated heterocycles. The van der Waals surface area contributed by atoms with Crippen molar-refractivity contribution in [3.8, 4) is 0 Å². The predicted molar refractivity (Wildman–Crippen MR) is 123 cm³/mol. The second-order valence-electron chi connectivity index (χ2n) is 6.60. The van der Waals surface area contributed by atoms with Crippen LogP contribution in [0.25, 0.3) is 6.08 Å².